The molecule has 6 nitrogen and oxygen atoms in total. The van der Waals surface area contributed by atoms with Crippen molar-refractivity contribution in [3.05, 3.63) is 35.9 Å². The molecule has 3 aliphatic rings. The van der Waals surface area contributed by atoms with Gasteiger partial charge in [-0.05, 0) is 49.8 Å². The summed E-state index contributed by atoms with van der Waals surface area (Å²) >= 11 is 0. The van der Waals surface area contributed by atoms with Gasteiger partial charge < -0.3 is 15.5 Å². The van der Waals surface area contributed by atoms with Crippen molar-refractivity contribution in [3.63, 3.8) is 0 Å². The summed E-state index contributed by atoms with van der Waals surface area (Å²) in [6, 6.07) is 11.4. The van der Waals surface area contributed by atoms with E-state index in [0.717, 1.165) is 83.6 Å². The van der Waals surface area contributed by atoms with E-state index in [1.165, 1.54) is 25.1 Å². The number of amides is 1. The molecule has 3 fully saturated rings. The van der Waals surface area contributed by atoms with Gasteiger partial charge in [0.25, 0.3) is 0 Å². The van der Waals surface area contributed by atoms with Gasteiger partial charge in [0.15, 0.2) is 0 Å². The van der Waals surface area contributed by atoms with Crippen LogP contribution >= 0.6 is 49.6 Å². The average Bonchev–Trinajstić information content (AvgIpc) is 2.82. The van der Waals surface area contributed by atoms with Crippen LogP contribution in [0.1, 0.15) is 38.2 Å². The first-order valence-corrected chi connectivity index (χ1v) is 12.9. The number of halogens is 4. The number of likely N-dealkylation sites (N-methyl/N-ethyl adjacent to an activating group) is 1. The monoisotopic (exact) mass is 585 g/mol. The van der Waals surface area contributed by atoms with Gasteiger partial charge in [-0.1, -0.05) is 37.3 Å². The van der Waals surface area contributed by atoms with E-state index >= 15 is 0 Å². The van der Waals surface area contributed by atoms with Gasteiger partial charge in [0, 0.05) is 71.4 Å². The Balaban J connectivity index is 0.00000306. The van der Waals surface area contributed by atoms with E-state index in [1.807, 2.05) is 0 Å². The number of nitrogens with one attached hydrogen (secondary N) is 2. The minimum Gasteiger partial charge on any atom is -0.355 e. The Morgan fingerprint density at radius 1 is 0.972 bits per heavy atom. The first-order chi connectivity index (χ1) is 15.7. The molecule has 0 aliphatic carbocycles. The number of nitrogens with zero attached hydrogens (tertiary/aromatic N) is 3. The number of piperidine rings is 2. The first kappa shape index (κ1) is 35.7. The lowest BCUT2D eigenvalue weighted by Gasteiger charge is -2.46. The van der Waals surface area contributed by atoms with Gasteiger partial charge in [0.1, 0.15) is 0 Å². The van der Waals surface area contributed by atoms with E-state index in [4.69, 9.17) is 0 Å². The normalized spacial score (nSPS) is 24.3. The van der Waals surface area contributed by atoms with Crippen molar-refractivity contribution >= 4 is 55.5 Å². The van der Waals surface area contributed by atoms with Gasteiger partial charge in [0.05, 0.1) is 0 Å². The quantitative estimate of drug-likeness (QED) is 0.438. The fourth-order valence-electron chi connectivity index (χ4n) is 5.83. The van der Waals surface area contributed by atoms with Gasteiger partial charge in [-0.3, -0.25) is 14.6 Å². The van der Waals surface area contributed by atoms with Crippen LogP contribution in [0.25, 0.3) is 0 Å². The topological polar surface area (TPSA) is 50.9 Å². The Hall–Kier alpha value is -0.310. The van der Waals surface area contributed by atoms with E-state index in [1.54, 1.807) is 0 Å². The molecule has 2 bridgehead atoms. The van der Waals surface area contributed by atoms with Crippen LogP contribution in [-0.4, -0.2) is 92.1 Å². The molecule has 0 aromatic heterocycles. The SMILES string of the molecule is CCN1CCN(CCNC(=O)CCC[C@H]2NC[C@@H]3C[C@H]2CN(Cc2ccccc2)C3)CC1.Cl.Cl.Cl.Cl. The van der Waals surface area contributed by atoms with Crippen LogP contribution < -0.4 is 10.6 Å². The maximum atomic E-state index is 12.3. The van der Waals surface area contributed by atoms with Crippen LogP contribution in [0, 0.1) is 11.8 Å². The molecule has 0 spiro atoms. The smallest absolute Gasteiger partial charge is 0.220 e. The molecular weight excluding hydrogens is 540 g/mol. The van der Waals surface area contributed by atoms with Crippen molar-refractivity contribution in [2.75, 3.05) is 65.4 Å². The molecular formula is C26H47Cl4N5O. The molecule has 0 radical (unpaired) electrons. The van der Waals surface area contributed by atoms with Crippen molar-refractivity contribution in [1.82, 2.24) is 25.3 Å². The van der Waals surface area contributed by atoms with E-state index < -0.39 is 0 Å². The highest BCUT2D eigenvalue weighted by molar-refractivity contribution is 5.86. The molecule has 10 heteroatoms. The van der Waals surface area contributed by atoms with E-state index in [9.17, 15) is 4.79 Å². The predicted molar refractivity (Wildman–Crippen MR) is 160 cm³/mol. The number of likely N-dealkylation sites (tertiary alicyclic amines) is 1. The Labute approximate surface area is 243 Å². The molecule has 3 heterocycles. The number of piperazine rings is 1. The van der Waals surface area contributed by atoms with Crippen LogP contribution in [0.2, 0.25) is 0 Å². The summed E-state index contributed by atoms with van der Waals surface area (Å²) in [7, 11) is 0. The molecule has 210 valence electrons. The molecule has 36 heavy (non-hydrogen) atoms. The lowest BCUT2D eigenvalue weighted by molar-refractivity contribution is -0.121. The van der Waals surface area contributed by atoms with Crippen LogP contribution in [0.15, 0.2) is 30.3 Å². The van der Waals surface area contributed by atoms with Crippen LogP contribution in [0.4, 0.5) is 0 Å². The van der Waals surface area contributed by atoms with Gasteiger partial charge in [0.2, 0.25) is 5.91 Å². The average molecular weight is 588 g/mol. The van der Waals surface area contributed by atoms with E-state index in [0.29, 0.717) is 12.5 Å². The van der Waals surface area contributed by atoms with Crippen LogP contribution in [0.3, 0.4) is 0 Å². The Kier molecular flexibility index (Phi) is 18.7. The van der Waals surface area contributed by atoms with Crippen molar-refractivity contribution in [1.29, 1.82) is 0 Å². The minimum absolute atomic E-state index is 0. The number of hydrogen-bond acceptors (Lipinski definition) is 5. The Bertz CT molecular complexity index is 709. The Morgan fingerprint density at radius 3 is 2.36 bits per heavy atom. The van der Waals surface area contributed by atoms with Crippen LogP contribution in [-0.2, 0) is 11.3 Å². The van der Waals surface area contributed by atoms with Gasteiger partial charge in [-0.2, -0.15) is 0 Å². The molecule has 1 amide bonds. The van der Waals surface area contributed by atoms with Crippen molar-refractivity contribution < 1.29 is 4.79 Å². The minimum atomic E-state index is 0. The van der Waals surface area contributed by atoms with Gasteiger partial charge in [-0.15, -0.1) is 49.6 Å². The standard InChI is InChI=1S/C26H43N5O.4ClH/c1-2-29-13-15-30(16-14-29)12-11-27-26(32)10-6-9-25-24-17-23(18-28-25)20-31(21-24)19-22-7-4-3-5-8-22;;;;/h3-5,7-8,23-25,28H,2,6,9-21H2,1H3,(H,27,32);4*1H/t23-,24-,25+;;;;/m0..../s1. The second-order valence-electron chi connectivity index (χ2n) is 10.1. The summed E-state index contributed by atoms with van der Waals surface area (Å²) in [6.45, 7) is 14.3. The zero-order chi connectivity index (χ0) is 22.2. The number of benzene rings is 1. The van der Waals surface area contributed by atoms with Gasteiger partial charge in [-0.25, -0.2) is 0 Å². The number of fused-ring (bicyclic) bond motifs is 2. The highest BCUT2D eigenvalue weighted by Crippen LogP contribution is 2.31. The molecule has 2 N–H and O–H groups in total. The third kappa shape index (κ3) is 11.2. The van der Waals surface area contributed by atoms with E-state index in [-0.39, 0.29) is 55.5 Å². The summed E-state index contributed by atoms with van der Waals surface area (Å²) in [5.74, 6) is 1.72. The number of carbonyl (C=O) groups is 1. The fraction of sp³-hybridized carbons (Fsp3) is 0.731. The summed E-state index contributed by atoms with van der Waals surface area (Å²) < 4.78 is 0. The number of carbonyl (C=O) groups excluding carboxylic acids is 1. The largest absolute Gasteiger partial charge is 0.355 e. The summed E-state index contributed by atoms with van der Waals surface area (Å²) in [5, 5.41) is 6.95. The molecule has 4 rings (SSSR count). The summed E-state index contributed by atoms with van der Waals surface area (Å²) in [5.41, 5.74) is 1.42. The zero-order valence-electron chi connectivity index (χ0n) is 21.6. The molecule has 3 atom stereocenters. The second kappa shape index (κ2) is 18.9. The number of hydrogen-bond donors (Lipinski definition) is 2. The van der Waals surface area contributed by atoms with Crippen molar-refractivity contribution in [2.24, 2.45) is 11.8 Å². The lowest BCUT2D eigenvalue weighted by atomic mass is 9.79. The zero-order valence-corrected chi connectivity index (χ0v) is 24.9. The Morgan fingerprint density at radius 2 is 1.67 bits per heavy atom. The fourth-order valence-corrected chi connectivity index (χ4v) is 5.83. The third-order valence-electron chi connectivity index (χ3n) is 7.71. The summed E-state index contributed by atoms with van der Waals surface area (Å²) in [6.07, 6.45) is 4.10. The van der Waals surface area contributed by atoms with E-state index in [2.05, 4.69) is 62.6 Å². The lowest BCUT2D eigenvalue weighted by Crippen LogP contribution is -2.55. The van der Waals surface area contributed by atoms with Gasteiger partial charge >= 0.3 is 0 Å². The maximum absolute atomic E-state index is 12.3. The van der Waals surface area contributed by atoms with Crippen LogP contribution in [0.5, 0.6) is 0 Å². The first-order valence-electron chi connectivity index (χ1n) is 12.9. The molecule has 0 unspecified atom stereocenters. The molecule has 1 aromatic rings. The predicted octanol–water partition coefficient (Wildman–Crippen LogP) is 3.71. The van der Waals surface area contributed by atoms with Crippen molar-refractivity contribution in [3.8, 4) is 0 Å². The molecule has 0 saturated carbocycles. The maximum Gasteiger partial charge on any atom is 0.220 e. The third-order valence-corrected chi connectivity index (χ3v) is 7.71. The van der Waals surface area contributed by atoms with Crippen molar-refractivity contribution in [2.45, 2.75) is 45.2 Å². The second-order valence-corrected chi connectivity index (χ2v) is 10.1. The number of rotatable bonds is 10. The molecule has 3 saturated heterocycles. The molecule has 3 aliphatic heterocycles. The molecule has 1 aromatic carbocycles. The summed E-state index contributed by atoms with van der Waals surface area (Å²) in [4.78, 5) is 19.9. The highest BCUT2D eigenvalue weighted by Gasteiger charge is 2.36. The highest BCUT2D eigenvalue weighted by atomic mass is 35.5.